The van der Waals surface area contributed by atoms with Crippen molar-refractivity contribution in [2.24, 2.45) is 0 Å². The smallest absolute Gasteiger partial charge is 0.186 e. The molecule has 2 aromatic heterocycles. The Kier molecular flexibility index (Phi) is 1.43. The van der Waals surface area contributed by atoms with Crippen LogP contribution >= 0.6 is 0 Å². The molecular weight excluding hydrogens is 154 g/mol. The van der Waals surface area contributed by atoms with Crippen LogP contribution in [0.4, 0.5) is 5.82 Å². The van der Waals surface area contributed by atoms with Crippen molar-refractivity contribution in [3.8, 4) is 0 Å². The molecule has 0 aromatic carbocycles. The standard InChI is InChI=1S/C7H9N5/c1-2-12-3-5-6(8)9-4-10-7(5)11-12/h3-4H,2H2,1H3,(H2,8,9,10,11). The summed E-state index contributed by atoms with van der Waals surface area (Å²) in [5, 5.41) is 5.00. The van der Waals surface area contributed by atoms with Gasteiger partial charge in [-0.3, -0.25) is 4.68 Å². The molecule has 2 N–H and O–H groups in total. The Balaban J connectivity index is 2.74. The molecule has 12 heavy (non-hydrogen) atoms. The van der Waals surface area contributed by atoms with Gasteiger partial charge in [0.05, 0.1) is 5.39 Å². The fraction of sp³-hybridized carbons (Fsp3) is 0.286. The minimum atomic E-state index is 0.486. The topological polar surface area (TPSA) is 69.6 Å². The van der Waals surface area contributed by atoms with E-state index in [0.29, 0.717) is 11.5 Å². The number of hydrogen-bond donors (Lipinski definition) is 1. The SMILES string of the molecule is CCn1cc2c(N)ncnc2n1. The van der Waals surface area contributed by atoms with Gasteiger partial charge in [-0.25, -0.2) is 9.97 Å². The van der Waals surface area contributed by atoms with Gasteiger partial charge >= 0.3 is 0 Å². The molecule has 0 aliphatic heterocycles. The largest absolute Gasteiger partial charge is 0.383 e. The minimum Gasteiger partial charge on any atom is -0.383 e. The quantitative estimate of drug-likeness (QED) is 0.661. The van der Waals surface area contributed by atoms with Crippen LogP contribution in [0, 0.1) is 0 Å². The van der Waals surface area contributed by atoms with Gasteiger partial charge in [-0.2, -0.15) is 5.10 Å². The van der Waals surface area contributed by atoms with Crippen LogP contribution in [0.15, 0.2) is 12.5 Å². The Hall–Kier alpha value is -1.65. The van der Waals surface area contributed by atoms with Gasteiger partial charge in [0.1, 0.15) is 12.1 Å². The van der Waals surface area contributed by atoms with E-state index in [2.05, 4.69) is 15.1 Å². The Labute approximate surface area is 69.2 Å². The number of rotatable bonds is 1. The molecule has 0 saturated carbocycles. The van der Waals surface area contributed by atoms with Crippen molar-refractivity contribution in [3.63, 3.8) is 0 Å². The molecule has 0 amide bonds. The number of fused-ring (bicyclic) bond motifs is 1. The summed E-state index contributed by atoms with van der Waals surface area (Å²) in [4.78, 5) is 7.86. The first-order chi connectivity index (χ1) is 5.81. The van der Waals surface area contributed by atoms with Gasteiger partial charge in [0.2, 0.25) is 0 Å². The molecule has 2 rings (SSSR count). The van der Waals surface area contributed by atoms with E-state index in [0.717, 1.165) is 11.9 Å². The van der Waals surface area contributed by atoms with E-state index in [1.165, 1.54) is 6.33 Å². The number of nitrogens with two attached hydrogens (primary N) is 1. The molecule has 0 bridgehead atoms. The molecule has 0 aliphatic carbocycles. The minimum absolute atomic E-state index is 0.486. The highest BCUT2D eigenvalue weighted by Crippen LogP contribution is 2.13. The summed E-state index contributed by atoms with van der Waals surface area (Å²) in [7, 11) is 0. The molecule has 0 radical (unpaired) electrons. The first-order valence-electron chi connectivity index (χ1n) is 3.75. The molecule has 62 valence electrons. The zero-order valence-corrected chi connectivity index (χ0v) is 6.73. The zero-order valence-electron chi connectivity index (χ0n) is 6.73. The second-order valence-electron chi connectivity index (χ2n) is 2.48. The third-order valence-electron chi connectivity index (χ3n) is 1.72. The van der Waals surface area contributed by atoms with Crippen LogP contribution in [0.2, 0.25) is 0 Å². The molecule has 0 unspecified atom stereocenters. The lowest BCUT2D eigenvalue weighted by molar-refractivity contribution is 0.666. The molecule has 0 saturated heterocycles. The van der Waals surface area contributed by atoms with E-state index in [-0.39, 0.29) is 0 Å². The first-order valence-corrected chi connectivity index (χ1v) is 3.75. The summed E-state index contributed by atoms with van der Waals surface area (Å²) in [5.74, 6) is 0.486. The van der Waals surface area contributed by atoms with E-state index in [1.54, 1.807) is 4.68 Å². The van der Waals surface area contributed by atoms with Crippen LogP contribution in [0.25, 0.3) is 11.0 Å². The van der Waals surface area contributed by atoms with E-state index in [9.17, 15) is 0 Å². The Morgan fingerprint density at radius 2 is 2.33 bits per heavy atom. The third-order valence-corrected chi connectivity index (χ3v) is 1.72. The Morgan fingerprint density at radius 3 is 3.00 bits per heavy atom. The summed E-state index contributed by atoms with van der Waals surface area (Å²) in [6.45, 7) is 2.82. The summed E-state index contributed by atoms with van der Waals surface area (Å²) >= 11 is 0. The molecule has 0 fully saturated rings. The molecule has 5 nitrogen and oxygen atoms in total. The van der Waals surface area contributed by atoms with Crippen LogP contribution in [-0.2, 0) is 6.54 Å². The average molecular weight is 163 g/mol. The van der Waals surface area contributed by atoms with Gasteiger partial charge in [-0.15, -0.1) is 0 Å². The van der Waals surface area contributed by atoms with Crippen molar-refractivity contribution in [2.75, 3.05) is 5.73 Å². The van der Waals surface area contributed by atoms with Crippen molar-refractivity contribution in [3.05, 3.63) is 12.5 Å². The summed E-state index contributed by atoms with van der Waals surface area (Å²) in [6.07, 6.45) is 3.27. The van der Waals surface area contributed by atoms with Crippen LogP contribution in [0.1, 0.15) is 6.92 Å². The zero-order chi connectivity index (χ0) is 8.55. The van der Waals surface area contributed by atoms with Gasteiger partial charge < -0.3 is 5.73 Å². The fourth-order valence-corrected chi connectivity index (χ4v) is 1.06. The van der Waals surface area contributed by atoms with Crippen LogP contribution in [0.5, 0.6) is 0 Å². The van der Waals surface area contributed by atoms with Gasteiger partial charge in [0, 0.05) is 12.7 Å². The second-order valence-corrected chi connectivity index (χ2v) is 2.48. The van der Waals surface area contributed by atoms with E-state index < -0.39 is 0 Å². The van der Waals surface area contributed by atoms with Crippen LogP contribution in [0.3, 0.4) is 0 Å². The van der Waals surface area contributed by atoms with E-state index >= 15 is 0 Å². The summed E-state index contributed by atoms with van der Waals surface area (Å²) < 4.78 is 1.79. The van der Waals surface area contributed by atoms with Gasteiger partial charge in [-0.1, -0.05) is 0 Å². The van der Waals surface area contributed by atoms with Crippen molar-refractivity contribution in [2.45, 2.75) is 13.5 Å². The lowest BCUT2D eigenvalue weighted by Crippen LogP contribution is -1.92. The number of anilines is 1. The molecular formula is C7H9N5. The monoisotopic (exact) mass is 163 g/mol. The summed E-state index contributed by atoms with van der Waals surface area (Å²) in [5.41, 5.74) is 6.28. The van der Waals surface area contributed by atoms with Gasteiger partial charge in [0.15, 0.2) is 5.65 Å². The predicted octanol–water partition coefficient (Wildman–Crippen LogP) is 0.428. The van der Waals surface area contributed by atoms with Crippen molar-refractivity contribution < 1.29 is 0 Å². The number of nitrogens with zero attached hydrogens (tertiary/aromatic N) is 4. The molecule has 0 atom stereocenters. The maximum atomic E-state index is 5.62. The highest BCUT2D eigenvalue weighted by Gasteiger charge is 2.03. The third kappa shape index (κ3) is 0.903. The van der Waals surface area contributed by atoms with Crippen LogP contribution in [-0.4, -0.2) is 19.7 Å². The number of aromatic nitrogens is 4. The number of nitrogen functional groups attached to an aromatic ring is 1. The van der Waals surface area contributed by atoms with Crippen molar-refractivity contribution in [1.29, 1.82) is 0 Å². The number of hydrogen-bond acceptors (Lipinski definition) is 4. The molecule has 2 aromatic rings. The fourth-order valence-electron chi connectivity index (χ4n) is 1.06. The Morgan fingerprint density at radius 1 is 1.50 bits per heavy atom. The molecule has 2 heterocycles. The normalized spacial score (nSPS) is 10.8. The molecule has 0 spiro atoms. The van der Waals surface area contributed by atoms with E-state index in [1.807, 2.05) is 13.1 Å². The highest BCUT2D eigenvalue weighted by molar-refractivity contribution is 5.84. The second kappa shape index (κ2) is 2.44. The summed E-state index contributed by atoms with van der Waals surface area (Å²) in [6, 6.07) is 0. The number of aryl methyl sites for hydroxylation is 1. The maximum absolute atomic E-state index is 5.62. The first kappa shape index (κ1) is 7.02. The highest BCUT2D eigenvalue weighted by atomic mass is 15.3. The molecule has 0 aliphatic rings. The van der Waals surface area contributed by atoms with Crippen LogP contribution < -0.4 is 5.73 Å². The van der Waals surface area contributed by atoms with E-state index in [4.69, 9.17) is 5.73 Å². The Bertz CT molecular complexity index is 405. The lowest BCUT2D eigenvalue weighted by atomic mass is 10.4. The van der Waals surface area contributed by atoms with Crippen molar-refractivity contribution >= 4 is 16.9 Å². The van der Waals surface area contributed by atoms with Gasteiger partial charge in [0.25, 0.3) is 0 Å². The van der Waals surface area contributed by atoms with Crippen molar-refractivity contribution in [1.82, 2.24) is 19.7 Å². The molecule has 5 heteroatoms. The maximum Gasteiger partial charge on any atom is 0.186 e. The predicted molar refractivity (Wildman–Crippen MR) is 45.4 cm³/mol. The lowest BCUT2D eigenvalue weighted by Gasteiger charge is -1.88. The van der Waals surface area contributed by atoms with Gasteiger partial charge in [-0.05, 0) is 6.92 Å². The average Bonchev–Trinajstić information content (AvgIpc) is 2.49.